The third-order valence-electron chi connectivity index (χ3n) is 4.68. The van der Waals surface area contributed by atoms with E-state index in [2.05, 4.69) is 55.3 Å². The van der Waals surface area contributed by atoms with Crippen LogP contribution in [0.25, 0.3) is 10.9 Å². The molecule has 2 atom stereocenters. The van der Waals surface area contributed by atoms with E-state index in [0.29, 0.717) is 17.6 Å². The highest BCUT2D eigenvalue weighted by atomic mass is 16.5. The quantitative estimate of drug-likeness (QED) is 0.889. The van der Waals surface area contributed by atoms with Crippen molar-refractivity contribution in [2.24, 2.45) is 5.41 Å². The molecule has 3 rings (SSSR count). The van der Waals surface area contributed by atoms with Crippen LogP contribution in [0.15, 0.2) is 18.3 Å². The van der Waals surface area contributed by atoms with Crippen LogP contribution in [0.5, 0.6) is 5.75 Å². The SMILES string of the molecule is Cc1c(OC2CCCC(NCC(C)(C)C)C2)ccc2[nH]ncc12. The monoisotopic (exact) mass is 315 g/mol. The first-order valence-corrected chi connectivity index (χ1v) is 8.75. The van der Waals surface area contributed by atoms with Crippen molar-refractivity contribution in [1.82, 2.24) is 15.5 Å². The highest BCUT2D eigenvalue weighted by Crippen LogP contribution is 2.30. The van der Waals surface area contributed by atoms with Crippen LogP contribution in [-0.4, -0.2) is 28.9 Å². The number of nitrogens with one attached hydrogen (secondary N) is 2. The number of H-pyrrole nitrogens is 1. The Balaban J connectivity index is 1.63. The Labute approximate surface area is 139 Å². The minimum atomic E-state index is 0.310. The summed E-state index contributed by atoms with van der Waals surface area (Å²) in [5.74, 6) is 1.00. The van der Waals surface area contributed by atoms with Crippen molar-refractivity contribution in [3.8, 4) is 5.75 Å². The van der Waals surface area contributed by atoms with Gasteiger partial charge < -0.3 is 10.1 Å². The van der Waals surface area contributed by atoms with Gasteiger partial charge >= 0.3 is 0 Å². The number of aromatic nitrogens is 2. The molecule has 4 nitrogen and oxygen atoms in total. The van der Waals surface area contributed by atoms with Crippen LogP contribution in [0, 0.1) is 12.3 Å². The fraction of sp³-hybridized carbons (Fsp3) is 0.632. The van der Waals surface area contributed by atoms with E-state index < -0.39 is 0 Å². The van der Waals surface area contributed by atoms with E-state index in [9.17, 15) is 0 Å². The van der Waals surface area contributed by atoms with Crippen LogP contribution in [0.3, 0.4) is 0 Å². The van der Waals surface area contributed by atoms with Gasteiger partial charge in [-0.15, -0.1) is 0 Å². The van der Waals surface area contributed by atoms with Crippen LogP contribution in [-0.2, 0) is 0 Å². The molecular formula is C19H29N3O. The molecule has 1 aromatic heterocycles. The highest BCUT2D eigenvalue weighted by Gasteiger charge is 2.25. The Morgan fingerprint density at radius 3 is 2.91 bits per heavy atom. The summed E-state index contributed by atoms with van der Waals surface area (Å²) in [5, 5.41) is 12.0. The molecule has 1 aliphatic carbocycles. The zero-order chi connectivity index (χ0) is 16.4. The van der Waals surface area contributed by atoms with Crippen molar-refractivity contribution in [1.29, 1.82) is 0 Å². The molecule has 1 aliphatic rings. The molecule has 2 N–H and O–H groups in total. The minimum absolute atomic E-state index is 0.310. The molecule has 0 bridgehead atoms. The summed E-state index contributed by atoms with van der Waals surface area (Å²) in [5.41, 5.74) is 2.58. The number of benzene rings is 1. The Bertz CT molecular complexity index is 656. The molecule has 0 spiro atoms. The molecule has 1 heterocycles. The van der Waals surface area contributed by atoms with Crippen LogP contribution in [0.1, 0.15) is 52.0 Å². The fourth-order valence-electron chi connectivity index (χ4n) is 3.33. The summed E-state index contributed by atoms with van der Waals surface area (Å²) >= 11 is 0. The molecule has 126 valence electrons. The second kappa shape index (κ2) is 6.52. The van der Waals surface area contributed by atoms with Gasteiger partial charge in [0.05, 0.1) is 11.7 Å². The topological polar surface area (TPSA) is 49.9 Å². The average Bonchev–Trinajstić information content (AvgIpc) is 2.97. The van der Waals surface area contributed by atoms with E-state index in [1.165, 1.54) is 18.4 Å². The Morgan fingerprint density at radius 1 is 1.30 bits per heavy atom. The van der Waals surface area contributed by atoms with E-state index in [-0.39, 0.29) is 0 Å². The molecule has 0 aliphatic heterocycles. The zero-order valence-electron chi connectivity index (χ0n) is 14.8. The van der Waals surface area contributed by atoms with E-state index in [0.717, 1.165) is 36.0 Å². The van der Waals surface area contributed by atoms with Gasteiger partial charge in [-0.05, 0) is 50.2 Å². The van der Waals surface area contributed by atoms with Crippen LogP contribution in [0.2, 0.25) is 0 Å². The predicted molar refractivity (Wildman–Crippen MR) is 95.0 cm³/mol. The molecule has 2 unspecified atom stereocenters. The second-order valence-corrected chi connectivity index (χ2v) is 8.06. The summed E-state index contributed by atoms with van der Waals surface area (Å²) in [6, 6.07) is 4.70. The van der Waals surface area contributed by atoms with E-state index in [4.69, 9.17) is 4.74 Å². The lowest BCUT2D eigenvalue weighted by atomic mass is 9.90. The number of nitrogens with zero attached hydrogens (tertiary/aromatic N) is 1. The summed E-state index contributed by atoms with van der Waals surface area (Å²) in [6.07, 6.45) is 6.93. The van der Waals surface area contributed by atoms with Gasteiger partial charge in [-0.25, -0.2) is 0 Å². The molecule has 23 heavy (non-hydrogen) atoms. The van der Waals surface area contributed by atoms with Crippen LogP contribution >= 0.6 is 0 Å². The maximum absolute atomic E-state index is 6.34. The number of rotatable bonds is 4. The van der Waals surface area contributed by atoms with E-state index >= 15 is 0 Å². The van der Waals surface area contributed by atoms with Gasteiger partial charge in [-0.1, -0.05) is 20.8 Å². The van der Waals surface area contributed by atoms with Crippen LogP contribution < -0.4 is 10.1 Å². The zero-order valence-corrected chi connectivity index (χ0v) is 14.8. The largest absolute Gasteiger partial charge is 0.490 e. The Kier molecular flexibility index (Phi) is 4.62. The molecule has 1 saturated carbocycles. The molecular weight excluding hydrogens is 286 g/mol. The van der Waals surface area contributed by atoms with Gasteiger partial charge in [-0.2, -0.15) is 5.10 Å². The summed E-state index contributed by atoms with van der Waals surface area (Å²) in [6.45, 7) is 10.0. The van der Waals surface area contributed by atoms with Gasteiger partial charge in [0.25, 0.3) is 0 Å². The van der Waals surface area contributed by atoms with Gasteiger partial charge in [0.1, 0.15) is 11.9 Å². The molecule has 1 aromatic carbocycles. The lowest BCUT2D eigenvalue weighted by Gasteiger charge is -2.32. The van der Waals surface area contributed by atoms with E-state index in [1.54, 1.807) is 0 Å². The number of ether oxygens (including phenoxy) is 1. The lowest BCUT2D eigenvalue weighted by molar-refractivity contribution is 0.130. The Hall–Kier alpha value is -1.55. The smallest absolute Gasteiger partial charge is 0.123 e. The molecule has 4 heteroatoms. The standard InChI is InChI=1S/C19H29N3O/c1-13-16-11-21-22-17(16)8-9-18(13)23-15-7-5-6-14(10-15)20-12-19(2,3)4/h8-9,11,14-15,20H,5-7,10,12H2,1-4H3,(H,21,22). The number of aromatic amines is 1. The first-order valence-electron chi connectivity index (χ1n) is 8.75. The number of hydrogen-bond donors (Lipinski definition) is 2. The predicted octanol–water partition coefficient (Wildman–Crippen LogP) is 4.20. The van der Waals surface area contributed by atoms with Gasteiger partial charge in [0.15, 0.2) is 0 Å². The third-order valence-corrected chi connectivity index (χ3v) is 4.68. The maximum atomic E-state index is 6.34. The van der Waals surface area contributed by atoms with Gasteiger partial charge in [0.2, 0.25) is 0 Å². The van der Waals surface area contributed by atoms with Crippen molar-refractivity contribution in [2.45, 2.75) is 65.5 Å². The van der Waals surface area contributed by atoms with Crippen LogP contribution in [0.4, 0.5) is 0 Å². The molecule has 1 fully saturated rings. The normalized spacial score (nSPS) is 22.4. The number of hydrogen-bond acceptors (Lipinski definition) is 3. The third kappa shape index (κ3) is 4.05. The molecule has 0 amide bonds. The summed E-state index contributed by atoms with van der Waals surface area (Å²) in [7, 11) is 0. The summed E-state index contributed by atoms with van der Waals surface area (Å²) in [4.78, 5) is 0. The first-order chi connectivity index (χ1) is 10.9. The lowest BCUT2D eigenvalue weighted by Crippen LogP contribution is -2.41. The second-order valence-electron chi connectivity index (χ2n) is 8.06. The summed E-state index contributed by atoms with van der Waals surface area (Å²) < 4.78 is 6.34. The molecule has 2 aromatic rings. The Morgan fingerprint density at radius 2 is 2.13 bits per heavy atom. The van der Waals surface area contributed by atoms with Gasteiger partial charge in [0, 0.05) is 23.5 Å². The van der Waals surface area contributed by atoms with E-state index in [1.807, 2.05) is 6.20 Å². The number of fused-ring (bicyclic) bond motifs is 1. The number of aryl methyl sites for hydroxylation is 1. The van der Waals surface area contributed by atoms with Crippen molar-refractivity contribution < 1.29 is 4.74 Å². The molecule has 0 saturated heterocycles. The van der Waals surface area contributed by atoms with Crippen molar-refractivity contribution >= 4 is 10.9 Å². The maximum Gasteiger partial charge on any atom is 0.123 e. The van der Waals surface area contributed by atoms with Crippen molar-refractivity contribution in [3.05, 3.63) is 23.9 Å². The highest BCUT2D eigenvalue weighted by molar-refractivity contribution is 5.83. The minimum Gasteiger partial charge on any atom is -0.490 e. The van der Waals surface area contributed by atoms with Crippen molar-refractivity contribution in [2.75, 3.05) is 6.54 Å². The van der Waals surface area contributed by atoms with Crippen molar-refractivity contribution in [3.63, 3.8) is 0 Å². The average molecular weight is 315 g/mol. The first kappa shape index (κ1) is 16.3. The fourth-order valence-corrected chi connectivity index (χ4v) is 3.33. The van der Waals surface area contributed by atoms with Gasteiger partial charge in [-0.3, -0.25) is 5.10 Å². The molecule has 0 radical (unpaired) electrons.